The van der Waals surface area contributed by atoms with Crippen molar-refractivity contribution in [1.82, 2.24) is 9.13 Å². The number of rotatable bonds is 11. The first-order valence-electron chi connectivity index (χ1n) is 26.2. The minimum Gasteiger partial charge on any atom is -0.456 e. The SMILES string of the molecule is Cc1ccc(Oc2c3c(=O)n(C)c(=O)c3c(Oc3ccc(C)cc3)c3c(=O)n(-c4ccc(C(c5ccc(C)cc5)(C(F)(F)F)C(F)(F)F)cc4)c(=O)c23)cc1.Cc1ccc(Oc2c3c(=O)oc(=O)c3c(Oc3ccc(C)cc3)c3c(=O)oc(=O)c23)cc1. The fraction of sp³-hybridized carbons (Fsp3) is 0.138. The summed E-state index contributed by atoms with van der Waals surface area (Å²) in [7, 11) is 1.19. The molecule has 0 spiro atoms. The lowest BCUT2D eigenvalue weighted by molar-refractivity contribution is -0.288. The minimum atomic E-state index is -5.88. The molecule has 87 heavy (non-hydrogen) atoms. The molecule has 16 nitrogen and oxygen atoms in total. The second-order valence-corrected chi connectivity index (χ2v) is 20.6. The highest BCUT2D eigenvalue weighted by molar-refractivity contribution is 6.12. The average Bonchev–Trinajstić information content (AvgIpc) is 1.70. The van der Waals surface area contributed by atoms with Gasteiger partial charge < -0.3 is 27.8 Å². The number of furan rings is 2. The first kappa shape index (κ1) is 57.9. The van der Waals surface area contributed by atoms with Gasteiger partial charge in [-0.25, -0.2) is 23.7 Å². The van der Waals surface area contributed by atoms with Gasteiger partial charge >= 0.3 is 34.9 Å². The van der Waals surface area contributed by atoms with Gasteiger partial charge in [0.15, 0.2) is 23.0 Å². The first-order chi connectivity index (χ1) is 41.2. The molecule has 0 radical (unpaired) electrons. The molecule has 0 atom stereocenters. The molecule has 4 heterocycles. The minimum absolute atomic E-state index is 0.117. The maximum Gasteiger partial charge on any atom is 0.411 e. The molecule has 12 aromatic rings. The van der Waals surface area contributed by atoms with Crippen molar-refractivity contribution >= 4 is 43.1 Å². The Labute approximate surface area is 483 Å². The van der Waals surface area contributed by atoms with E-state index in [0.717, 1.165) is 63.2 Å². The van der Waals surface area contributed by atoms with Crippen LogP contribution in [-0.2, 0) is 12.5 Å². The van der Waals surface area contributed by atoms with Crippen molar-refractivity contribution in [2.45, 2.75) is 52.4 Å². The zero-order valence-corrected chi connectivity index (χ0v) is 46.2. The van der Waals surface area contributed by atoms with Crippen LogP contribution in [0.5, 0.6) is 46.0 Å². The van der Waals surface area contributed by atoms with Gasteiger partial charge in [-0.15, -0.1) is 0 Å². The molecular weight excluding hydrogens is 1150 g/mol. The maximum absolute atomic E-state index is 14.8. The Hall–Kier alpha value is -10.9. The van der Waals surface area contributed by atoms with Crippen molar-refractivity contribution in [2.24, 2.45) is 7.05 Å². The zero-order valence-electron chi connectivity index (χ0n) is 46.2. The van der Waals surface area contributed by atoms with Crippen LogP contribution in [-0.4, -0.2) is 21.5 Å². The predicted octanol–water partition coefficient (Wildman–Crippen LogP) is 12.1. The number of aryl methyl sites for hydroxylation is 5. The summed E-state index contributed by atoms with van der Waals surface area (Å²) in [6, 6.07) is 32.7. The molecule has 0 unspecified atom stereocenters. The normalized spacial score (nSPS) is 12.0. The van der Waals surface area contributed by atoms with Gasteiger partial charge in [0, 0.05) is 7.05 Å². The third-order valence-electron chi connectivity index (χ3n) is 14.7. The summed E-state index contributed by atoms with van der Waals surface area (Å²) in [5.74, 6) is -0.698. The summed E-state index contributed by atoms with van der Waals surface area (Å²) in [4.78, 5) is 106. The van der Waals surface area contributed by atoms with Gasteiger partial charge in [-0.1, -0.05) is 113 Å². The Kier molecular flexibility index (Phi) is 14.2. The number of hydrogen-bond donors (Lipinski definition) is 0. The van der Waals surface area contributed by atoms with Gasteiger partial charge in [-0.2, -0.15) is 26.3 Å². The highest BCUT2D eigenvalue weighted by Gasteiger charge is 2.72. The number of benzene rings is 8. The molecule has 12 rings (SSSR count). The van der Waals surface area contributed by atoms with E-state index >= 15 is 0 Å². The molecule has 0 saturated heterocycles. The van der Waals surface area contributed by atoms with E-state index in [-0.39, 0.29) is 66.8 Å². The average molecular weight is 1190 g/mol. The fourth-order valence-corrected chi connectivity index (χ4v) is 10.3. The van der Waals surface area contributed by atoms with Gasteiger partial charge in [0.2, 0.25) is 5.41 Å². The van der Waals surface area contributed by atoms with Crippen LogP contribution in [0.15, 0.2) is 193 Å². The smallest absolute Gasteiger partial charge is 0.411 e. The van der Waals surface area contributed by atoms with Crippen molar-refractivity contribution in [3.05, 3.63) is 268 Å². The fourth-order valence-electron chi connectivity index (χ4n) is 10.3. The number of aromatic nitrogens is 2. The summed E-state index contributed by atoms with van der Waals surface area (Å²) < 4.78 is 124. The van der Waals surface area contributed by atoms with Crippen molar-refractivity contribution < 1.29 is 54.1 Å². The van der Waals surface area contributed by atoms with Crippen LogP contribution in [0, 0.1) is 34.6 Å². The highest BCUT2D eigenvalue weighted by Crippen LogP contribution is 2.56. The maximum atomic E-state index is 14.8. The summed E-state index contributed by atoms with van der Waals surface area (Å²) >= 11 is 0. The van der Waals surface area contributed by atoms with Crippen LogP contribution < -0.4 is 63.7 Å². The summed E-state index contributed by atoms with van der Waals surface area (Å²) in [5, 5.41) is -2.99. The number of halogens is 6. The topological polar surface area (TPSA) is 210 Å². The Morgan fingerprint density at radius 2 is 0.552 bits per heavy atom. The predicted molar refractivity (Wildman–Crippen MR) is 310 cm³/mol. The molecule has 0 saturated carbocycles. The number of hydrogen-bond acceptors (Lipinski definition) is 14. The van der Waals surface area contributed by atoms with E-state index in [9.17, 15) is 64.7 Å². The van der Waals surface area contributed by atoms with Crippen LogP contribution in [0.2, 0.25) is 0 Å². The van der Waals surface area contributed by atoms with Gasteiger partial charge in [0.1, 0.15) is 66.1 Å². The lowest BCUT2D eigenvalue weighted by atomic mass is 9.72. The molecule has 0 fully saturated rings. The zero-order chi connectivity index (χ0) is 62.3. The lowest BCUT2D eigenvalue weighted by Gasteiger charge is -2.38. The van der Waals surface area contributed by atoms with Crippen molar-refractivity contribution in [3.63, 3.8) is 0 Å². The first-order valence-corrected chi connectivity index (χ1v) is 26.2. The Morgan fingerprint density at radius 1 is 0.322 bits per heavy atom. The number of ether oxygens (including phenoxy) is 4. The molecule has 0 amide bonds. The van der Waals surface area contributed by atoms with Gasteiger partial charge in [0.05, 0.1) is 5.69 Å². The molecule has 0 aliphatic heterocycles. The van der Waals surface area contributed by atoms with E-state index in [4.69, 9.17) is 27.8 Å². The lowest BCUT2D eigenvalue weighted by Crippen LogP contribution is -2.54. The quantitative estimate of drug-likeness (QED) is 0.110. The van der Waals surface area contributed by atoms with Crippen LogP contribution in [0.4, 0.5) is 26.3 Å². The van der Waals surface area contributed by atoms with E-state index in [0.29, 0.717) is 22.3 Å². The molecule has 22 heteroatoms. The molecule has 0 bridgehead atoms. The van der Waals surface area contributed by atoms with Gasteiger partial charge in [-0.3, -0.25) is 23.7 Å². The standard InChI is InChI=1S/C41H28F6N2O6.C24H14O8/c1-21-5-11-24(12-6-21)39(40(42,43)44,41(45,46)47)25-13-15-26(16-14-25)49-37(52)31-32(38(49)53)34(55-28-19-9-23(3)10-20-28)30-29(35(50)48(4)36(30)51)33(31)54-27-17-7-22(2)8-18-27;1-11-3-7-13(8-4-11)29-19-15-17(23(27)31-21(15)25)20(18-16(19)22(26)32-24(18)28)30-14-9-5-12(2)6-10-14/h5-20H,1-4H3;3-10H,1-2H3. The van der Waals surface area contributed by atoms with Crippen LogP contribution in [0.1, 0.15) is 38.9 Å². The third kappa shape index (κ3) is 9.73. The van der Waals surface area contributed by atoms with Gasteiger partial charge in [0.25, 0.3) is 22.2 Å². The monoisotopic (exact) mass is 1190 g/mol. The molecule has 0 aliphatic carbocycles. The summed E-state index contributed by atoms with van der Waals surface area (Å²) in [6.07, 6.45) is -11.8. The second kappa shape index (κ2) is 21.3. The largest absolute Gasteiger partial charge is 0.456 e. The van der Waals surface area contributed by atoms with Crippen molar-refractivity contribution in [3.8, 4) is 51.7 Å². The van der Waals surface area contributed by atoms with E-state index in [1.165, 1.54) is 38.2 Å². The molecule has 0 aliphatic rings. The third-order valence-corrected chi connectivity index (χ3v) is 14.7. The molecule has 4 aromatic heterocycles. The Bertz CT molecular complexity index is 4810. The number of nitrogens with zero attached hydrogens (tertiary/aromatic N) is 2. The van der Waals surface area contributed by atoms with Crippen molar-refractivity contribution in [2.75, 3.05) is 0 Å². The van der Waals surface area contributed by atoms with E-state index in [2.05, 4.69) is 0 Å². The molecule has 8 aromatic carbocycles. The highest BCUT2D eigenvalue weighted by atomic mass is 19.4. The molecular formula is C65H42F6N2O14. The van der Waals surface area contributed by atoms with E-state index < -0.39 is 102 Å². The van der Waals surface area contributed by atoms with Crippen LogP contribution in [0.3, 0.4) is 0 Å². The molecule has 438 valence electrons. The van der Waals surface area contributed by atoms with E-state index in [1.807, 2.05) is 13.8 Å². The number of fused-ring (bicyclic) bond motifs is 4. The second-order valence-electron chi connectivity index (χ2n) is 20.6. The van der Waals surface area contributed by atoms with E-state index in [1.54, 1.807) is 86.6 Å². The van der Waals surface area contributed by atoms with Crippen LogP contribution >= 0.6 is 0 Å². The Morgan fingerprint density at radius 3 is 0.816 bits per heavy atom. The van der Waals surface area contributed by atoms with Crippen molar-refractivity contribution in [1.29, 1.82) is 0 Å². The Balaban J connectivity index is 0.000000207. The van der Waals surface area contributed by atoms with Crippen LogP contribution in [0.25, 0.3) is 48.8 Å². The van der Waals surface area contributed by atoms with Gasteiger partial charge in [-0.05, 0) is 106 Å². The summed E-state index contributed by atoms with van der Waals surface area (Å²) in [6.45, 7) is 8.86. The molecule has 0 N–H and O–H groups in total. The number of alkyl halides is 6. The summed E-state index contributed by atoms with van der Waals surface area (Å²) in [5.41, 5.74) is -11.3.